The van der Waals surface area contributed by atoms with Gasteiger partial charge in [-0.3, -0.25) is 4.99 Å². The van der Waals surface area contributed by atoms with Gasteiger partial charge < -0.3 is 41.6 Å². The van der Waals surface area contributed by atoms with Gasteiger partial charge in [0.25, 0.3) is 0 Å². The molecule has 3 fully saturated rings. The molecule has 11 nitrogen and oxygen atoms in total. The van der Waals surface area contributed by atoms with Crippen LogP contribution in [0.15, 0.2) is 34.3 Å². The molecule has 2 atom stereocenters. The van der Waals surface area contributed by atoms with Crippen LogP contribution in [0.1, 0.15) is 61.0 Å². The summed E-state index contributed by atoms with van der Waals surface area (Å²) < 4.78 is 0. The zero-order valence-electron chi connectivity index (χ0n) is 25.8. The first-order chi connectivity index (χ1) is 21.2. The number of aromatic hydroxyl groups is 1. The lowest BCUT2D eigenvalue weighted by Crippen LogP contribution is -2.68. The zero-order valence-corrected chi connectivity index (χ0v) is 25.8. The molecule has 1 aliphatic carbocycles. The van der Waals surface area contributed by atoms with Crippen molar-refractivity contribution >= 4 is 35.8 Å². The number of amides is 2. The Labute approximate surface area is 259 Å². The van der Waals surface area contributed by atoms with E-state index in [4.69, 9.17) is 21.5 Å². The van der Waals surface area contributed by atoms with Crippen molar-refractivity contribution in [2.45, 2.75) is 51.1 Å². The molecular formula is C33H45N9O2. The van der Waals surface area contributed by atoms with Gasteiger partial charge in [-0.25, -0.2) is 9.79 Å². The Bertz CT molecular complexity index is 1500. The molecule has 1 spiro atoms. The molecule has 1 aromatic carbocycles. The maximum absolute atomic E-state index is 11.8. The number of likely N-dealkylation sites (tertiary alicyclic amines) is 2. The zero-order chi connectivity index (χ0) is 30.6. The van der Waals surface area contributed by atoms with Gasteiger partial charge in [-0.2, -0.15) is 0 Å². The number of nitrogen functional groups attached to an aromatic ring is 1. The maximum Gasteiger partial charge on any atom is 0.317 e. The third-order valence-corrected chi connectivity index (χ3v) is 10.9. The van der Waals surface area contributed by atoms with Crippen molar-refractivity contribution in [2.24, 2.45) is 33.0 Å². The number of phenols is 1. The van der Waals surface area contributed by atoms with Crippen LogP contribution in [-0.2, 0) is 6.42 Å². The van der Waals surface area contributed by atoms with Gasteiger partial charge in [0.15, 0.2) is 0 Å². The van der Waals surface area contributed by atoms with Crippen molar-refractivity contribution in [2.75, 3.05) is 52.0 Å². The van der Waals surface area contributed by atoms with Crippen LogP contribution < -0.4 is 16.8 Å². The fourth-order valence-electron chi connectivity index (χ4n) is 8.35. The van der Waals surface area contributed by atoms with E-state index in [1.165, 1.54) is 25.7 Å². The summed E-state index contributed by atoms with van der Waals surface area (Å²) in [7, 11) is 1.71. The predicted molar refractivity (Wildman–Crippen MR) is 174 cm³/mol. The summed E-state index contributed by atoms with van der Waals surface area (Å²) in [6.07, 6.45) is 9.68. The van der Waals surface area contributed by atoms with Gasteiger partial charge in [0.2, 0.25) is 5.96 Å². The number of para-hydroxylation sites is 1. The Balaban J connectivity index is 0.946. The second-order valence-electron chi connectivity index (χ2n) is 13.5. The van der Waals surface area contributed by atoms with Crippen LogP contribution in [0.4, 0.5) is 10.6 Å². The highest BCUT2D eigenvalue weighted by atomic mass is 16.3. The van der Waals surface area contributed by atoms with Gasteiger partial charge in [0, 0.05) is 84.8 Å². The number of fused-ring (bicyclic) bond motifs is 1. The Kier molecular flexibility index (Phi) is 7.31. The van der Waals surface area contributed by atoms with Gasteiger partial charge in [0.1, 0.15) is 11.6 Å². The number of aromatic nitrogens is 1. The summed E-state index contributed by atoms with van der Waals surface area (Å²) in [6, 6.07) is 7.83. The van der Waals surface area contributed by atoms with Crippen molar-refractivity contribution in [3.8, 4) is 5.75 Å². The Morgan fingerprint density at radius 2 is 1.93 bits per heavy atom. The number of aromatic amines is 1. The second-order valence-corrected chi connectivity index (χ2v) is 13.5. The number of H-pyrrole nitrogens is 1. The van der Waals surface area contributed by atoms with E-state index in [0.29, 0.717) is 40.4 Å². The number of urea groups is 1. The molecule has 2 aromatic rings. The number of anilines is 1. The van der Waals surface area contributed by atoms with E-state index in [0.717, 1.165) is 68.5 Å². The fourth-order valence-corrected chi connectivity index (χ4v) is 8.35. The maximum atomic E-state index is 11.8. The molecule has 0 bridgehead atoms. The highest BCUT2D eigenvalue weighted by Gasteiger charge is 2.55. The smallest absolute Gasteiger partial charge is 0.317 e. The van der Waals surface area contributed by atoms with Gasteiger partial charge in [-0.15, -0.1) is 0 Å². The topological polar surface area (TPSA) is 152 Å². The lowest BCUT2D eigenvalue weighted by molar-refractivity contribution is -0.0951. The number of nitrogens with two attached hydrogens (primary N) is 2. The van der Waals surface area contributed by atoms with Crippen LogP contribution in [-0.4, -0.2) is 95.4 Å². The molecule has 2 unspecified atom stereocenters. The normalized spacial score (nSPS) is 25.8. The molecule has 44 heavy (non-hydrogen) atoms. The first kappa shape index (κ1) is 28.8. The lowest BCUT2D eigenvalue weighted by atomic mass is 9.60. The number of nitrogens with one attached hydrogen (secondary N) is 2. The van der Waals surface area contributed by atoms with E-state index in [9.17, 15) is 9.90 Å². The molecule has 11 heteroatoms. The number of aliphatic imine (C=N–C) groups is 2. The highest BCUT2D eigenvalue weighted by molar-refractivity contribution is 5.91. The number of hydrogen-bond acceptors (Lipinski definition) is 8. The van der Waals surface area contributed by atoms with Crippen molar-refractivity contribution in [3.63, 3.8) is 0 Å². The molecule has 5 aliphatic rings. The van der Waals surface area contributed by atoms with Crippen LogP contribution in [0, 0.1) is 17.3 Å². The minimum atomic E-state index is 0.0243. The van der Waals surface area contributed by atoms with Crippen LogP contribution in [0.25, 0.3) is 11.8 Å². The predicted octanol–water partition coefficient (Wildman–Crippen LogP) is 3.25. The SMILES string of the molecule is CNC(=O)N1CC2(CC(N3CCC(C4C=NC(N5CCc6[nH]c(N)c(/C=C(\N)c7ccccc7O)c6C5C)=NC4)CC3)C2)C1. The summed E-state index contributed by atoms with van der Waals surface area (Å²) >= 11 is 0. The van der Waals surface area contributed by atoms with E-state index in [1.807, 2.05) is 17.0 Å². The van der Waals surface area contributed by atoms with E-state index in [-0.39, 0.29) is 17.8 Å². The number of guanidine groups is 1. The number of rotatable bonds is 4. The number of carbonyl (C=O) groups is 1. The number of phenolic OH excluding ortho intramolecular Hbond substituents is 1. The first-order valence-corrected chi connectivity index (χ1v) is 16.1. The van der Waals surface area contributed by atoms with Crippen molar-refractivity contribution in [3.05, 3.63) is 46.6 Å². The number of piperidine rings is 1. The number of hydrogen-bond donors (Lipinski definition) is 5. The number of nitrogens with zero attached hydrogens (tertiary/aromatic N) is 5. The van der Waals surface area contributed by atoms with Gasteiger partial charge in [0.05, 0.1) is 12.6 Å². The molecule has 2 saturated heterocycles. The molecule has 5 heterocycles. The monoisotopic (exact) mass is 599 g/mol. The van der Waals surface area contributed by atoms with E-state index < -0.39 is 0 Å². The Morgan fingerprint density at radius 1 is 1.18 bits per heavy atom. The summed E-state index contributed by atoms with van der Waals surface area (Å²) in [4.78, 5) is 32.0. The van der Waals surface area contributed by atoms with Gasteiger partial charge in [-0.1, -0.05) is 12.1 Å². The number of benzene rings is 1. The van der Waals surface area contributed by atoms with Crippen LogP contribution in [0.2, 0.25) is 0 Å². The fraction of sp³-hybridized carbons (Fsp3) is 0.545. The molecule has 7 rings (SSSR count). The third-order valence-electron chi connectivity index (χ3n) is 10.9. The summed E-state index contributed by atoms with van der Waals surface area (Å²) in [5.74, 6) is 2.53. The molecule has 234 valence electrons. The molecule has 4 aliphatic heterocycles. The minimum absolute atomic E-state index is 0.0243. The average Bonchev–Trinajstić information content (AvgIpc) is 3.31. The largest absolute Gasteiger partial charge is 0.507 e. The van der Waals surface area contributed by atoms with E-state index in [2.05, 4.69) is 33.2 Å². The van der Waals surface area contributed by atoms with E-state index in [1.54, 1.807) is 25.2 Å². The summed E-state index contributed by atoms with van der Waals surface area (Å²) in [5, 5.41) is 13.0. The molecule has 7 N–H and O–H groups in total. The molecule has 2 amide bonds. The van der Waals surface area contributed by atoms with Crippen molar-refractivity contribution < 1.29 is 9.90 Å². The quantitative estimate of drug-likeness (QED) is 0.364. The van der Waals surface area contributed by atoms with Crippen LogP contribution in [0.3, 0.4) is 0 Å². The minimum Gasteiger partial charge on any atom is -0.507 e. The first-order valence-electron chi connectivity index (χ1n) is 16.1. The Morgan fingerprint density at radius 3 is 2.61 bits per heavy atom. The molecule has 1 aromatic heterocycles. The number of carbonyl (C=O) groups excluding carboxylic acids is 1. The highest BCUT2D eigenvalue weighted by Crippen LogP contribution is 2.51. The second kappa shape index (κ2) is 11.2. The van der Waals surface area contributed by atoms with Crippen molar-refractivity contribution in [1.29, 1.82) is 0 Å². The van der Waals surface area contributed by atoms with Crippen LogP contribution >= 0.6 is 0 Å². The standard InChI is InChI=1S/C33H45N9O2/c1-20-29-25(13-26(34)24-5-3-4-6-28(24)43)30(35)39-27(29)9-12-42(20)31-37-16-22(17-38-31)21-7-10-40(11-8-21)23-14-33(15-23)18-41(19-33)32(44)36-2/h3-6,13,16,20-23,39,43H,7-12,14-15,17-19,34-35H2,1-2H3,(H,36,44)/b26-13-. The van der Waals surface area contributed by atoms with Crippen molar-refractivity contribution in [1.82, 2.24) is 25.0 Å². The van der Waals surface area contributed by atoms with Gasteiger partial charge in [-0.05, 0) is 69.8 Å². The summed E-state index contributed by atoms with van der Waals surface area (Å²) in [5.41, 5.74) is 17.4. The lowest BCUT2D eigenvalue weighted by Gasteiger charge is -2.61. The van der Waals surface area contributed by atoms with Crippen LogP contribution in [0.5, 0.6) is 5.75 Å². The molecule has 1 saturated carbocycles. The average molecular weight is 600 g/mol. The third kappa shape index (κ3) is 5.00. The molecule has 0 radical (unpaired) electrons. The molecular weight excluding hydrogens is 554 g/mol. The Hall–Kier alpha value is -3.99. The van der Waals surface area contributed by atoms with Gasteiger partial charge >= 0.3 is 6.03 Å². The van der Waals surface area contributed by atoms with E-state index >= 15 is 0 Å². The summed E-state index contributed by atoms with van der Waals surface area (Å²) in [6.45, 7) is 7.88.